The summed E-state index contributed by atoms with van der Waals surface area (Å²) < 4.78 is 22.1. The van der Waals surface area contributed by atoms with Crippen LogP contribution >= 0.6 is 11.3 Å². The van der Waals surface area contributed by atoms with Gasteiger partial charge in [0.05, 0.1) is 6.04 Å². The monoisotopic (exact) mass is 276 g/mol. The topological polar surface area (TPSA) is 72.2 Å². The van der Waals surface area contributed by atoms with Gasteiger partial charge in [0.15, 0.2) is 0 Å². The molecular weight excluding hydrogens is 256 g/mol. The van der Waals surface area contributed by atoms with E-state index in [9.17, 15) is 8.42 Å². The van der Waals surface area contributed by atoms with Gasteiger partial charge >= 0.3 is 0 Å². The lowest BCUT2D eigenvalue weighted by atomic mass is 10.1. The number of nitrogens with two attached hydrogens (primary N) is 1. The third-order valence-corrected chi connectivity index (χ3v) is 5.03. The third-order valence-electron chi connectivity index (χ3n) is 2.74. The van der Waals surface area contributed by atoms with Gasteiger partial charge in [0.1, 0.15) is 9.84 Å². The highest BCUT2D eigenvalue weighted by molar-refractivity contribution is 7.90. The van der Waals surface area contributed by atoms with Crippen LogP contribution in [-0.4, -0.2) is 20.4 Å². The molecule has 0 bridgehead atoms. The van der Waals surface area contributed by atoms with Crippen molar-refractivity contribution in [3.8, 4) is 0 Å². The Hall–Kier alpha value is -0.430. The third kappa shape index (κ3) is 4.75. The van der Waals surface area contributed by atoms with Crippen LogP contribution < -0.4 is 11.3 Å². The molecule has 1 unspecified atom stereocenters. The van der Waals surface area contributed by atoms with E-state index in [0.717, 1.165) is 6.42 Å². The molecule has 0 saturated carbocycles. The van der Waals surface area contributed by atoms with Gasteiger partial charge in [-0.15, -0.1) is 11.3 Å². The number of hydrogen-bond donors (Lipinski definition) is 2. The van der Waals surface area contributed by atoms with Gasteiger partial charge in [0.2, 0.25) is 0 Å². The molecule has 0 aliphatic rings. The minimum Gasteiger partial charge on any atom is -0.271 e. The summed E-state index contributed by atoms with van der Waals surface area (Å²) in [6.45, 7) is 4.15. The first-order chi connectivity index (χ1) is 7.83. The van der Waals surface area contributed by atoms with Crippen LogP contribution in [0.1, 0.15) is 34.2 Å². The van der Waals surface area contributed by atoms with Gasteiger partial charge in [-0.25, -0.2) is 8.42 Å². The summed E-state index contributed by atoms with van der Waals surface area (Å²) in [5.41, 5.74) is 4.02. The molecule has 0 spiro atoms. The van der Waals surface area contributed by atoms with Crippen LogP contribution in [0.3, 0.4) is 0 Å². The van der Waals surface area contributed by atoms with E-state index in [1.165, 1.54) is 21.6 Å². The number of aryl methyl sites for hydroxylation is 2. The Morgan fingerprint density at radius 2 is 2.12 bits per heavy atom. The van der Waals surface area contributed by atoms with E-state index in [2.05, 4.69) is 25.3 Å². The number of thiophene rings is 1. The van der Waals surface area contributed by atoms with Gasteiger partial charge in [-0.3, -0.25) is 11.3 Å². The van der Waals surface area contributed by atoms with Crippen molar-refractivity contribution in [1.82, 2.24) is 5.43 Å². The molecule has 6 heteroatoms. The molecule has 1 rings (SSSR count). The molecular formula is C11H20N2O2S2. The quantitative estimate of drug-likeness (QED) is 0.612. The smallest absolute Gasteiger partial charge is 0.147 e. The van der Waals surface area contributed by atoms with Crippen molar-refractivity contribution < 1.29 is 8.42 Å². The van der Waals surface area contributed by atoms with Crippen LogP contribution in [0.25, 0.3) is 0 Å². The van der Waals surface area contributed by atoms with Gasteiger partial charge in [0, 0.05) is 21.8 Å². The number of nitrogens with one attached hydrogen (secondary N) is 1. The maximum Gasteiger partial charge on any atom is 0.147 e. The maximum atomic E-state index is 11.0. The van der Waals surface area contributed by atoms with E-state index in [1.807, 2.05) is 0 Å². The largest absolute Gasteiger partial charge is 0.271 e. The molecule has 4 nitrogen and oxygen atoms in total. The fraction of sp³-hybridized carbons (Fsp3) is 0.636. The molecule has 0 aliphatic carbocycles. The first-order valence-corrected chi connectivity index (χ1v) is 8.42. The summed E-state index contributed by atoms with van der Waals surface area (Å²) in [6.07, 6.45) is 2.63. The molecule has 3 N–H and O–H groups in total. The second kappa shape index (κ2) is 5.95. The number of hydrazine groups is 1. The van der Waals surface area contributed by atoms with Crippen LogP contribution in [0.2, 0.25) is 0 Å². The van der Waals surface area contributed by atoms with E-state index < -0.39 is 9.84 Å². The minimum absolute atomic E-state index is 0.0501. The fourth-order valence-electron chi connectivity index (χ4n) is 1.63. The van der Waals surface area contributed by atoms with Gasteiger partial charge < -0.3 is 0 Å². The zero-order chi connectivity index (χ0) is 13.1. The second-order valence-corrected chi connectivity index (χ2v) is 7.93. The molecule has 0 fully saturated rings. The normalized spacial score (nSPS) is 13.9. The van der Waals surface area contributed by atoms with E-state index in [0.29, 0.717) is 6.42 Å². The molecule has 0 radical (unpaired) electrons. The lowest BCUT2D eigenvalue weighted by Crippen LogP contribution is -2.27. The summed E-state index contributed by atoms with van der Waals surface area (Å²) in [7, 11) is -2.88. The molecule has 0 aromatic carbocycles. The summed E-state index contributed by atoms with van der Waals surface area (Å²) in [5, 5.41) is 0. The molecule has 17 heavy (non-hydrogen) atoms. The Kier molecular flexibility index (Phi) is 5.12. The lowest BCUT2D eigenvalue weighted by molar-refractivity contribution is 0.514. The summed E-state index contributed by atoms with van der Waals surface area (Å²) in [4.78, 5) is 2.46. The Balaban J connectivity index is 2.60. The summed E-state index contributed by atoms with van der Waals surface area (Å²) in [5.74, 6) is 5.74. The number of sulfone groups is 1. The fourth-order valence-corrected chi connectivity index (χ4v) is 3.46. The average Bonchev–Trinajstić information content (AvgIpc) is 2.52. The Bertz CT molecular complexity index is 446. The molecule has 1 heterocycles. The molecule has 0 amide bonds. The first-order valence-electron chi connectivity index (χ1n) is 5.54. The SMILES string of the molecule is Cc1cc(C(CCCS(C)(=O)=O)NN)sc1C. The Labute approximate surface area is 107 Å². The van der Waals surface area contributed by atoms with Crippen LogP contribution in [0.4, 0.5) is 0 Å². The highest BCUT2D eigenvalue weighted by Crippen LogP contribution is 2.28. The zero-order valence-electron chi connectivity index (χ0n) is 10.5. The van der Waals surface area contributed by atoms with Crippen molar-refractivity contribution in [2.75, 3.05) is 12.0 Å². The van der Waals surface area contributed by atoms with Gasteiger partial charge in [0.25, 0.3) is 0 Å². The van der Waals surface area contributed by atoms with Gasteiger partial charge in [-0.2, -0.15) is 0 Å². The highest BCUT2D eigenvalue weighted by Gasteiger charge is 2.14. The lowest BCUT2D eigenvalue weighted by Gasteiger charge is -2.13. The van der Waals surface area contributed by atoms with E-state index >= 15 is 0 Å². The molecule has 0 aliphatic heterocycles. The Morgan fingerprint density at radius 1 is 1.47 bits per heavy atom. The standard InChI is InChI=1S/C11H20N2O2S2/c1-8-7-11(16-9(8)2)10(13-12)5-4-6-17(3,14)15/h7,10,13H,4-6,12H2,1-3H3. The van der Waals surface area contributed by atoms with Crippen LogP contribution in [0.15, 0.2) is 6.07 Å². The zero-order valence-corrected chi connectivity index (χ0v) is 12.1. The number of hydrogen-bond acceptors (Lipinski definition) is 5. The van der Waals surface area contributed by atoms with Crippen molar-refractivity contribution in [2.24, 2.45) is 5.84 Å². The van der Waals surface area contributed by atoms with Crippen LogP contribution in [0, 0.1) is 13.8 Å². The molecule has 0 saturated heterocycles. The molecule has 98 valence electrons. The maximum absolute atomic E-state index is 11.0. The van der Waals surface area contributed by atoms with E-state index in [1.54, 1.807) is 11.3 Å². The minimum atomic E-state index is -2.88. The van der Waals surface area contributed by atoms with Crippen molar-refractivity contribution in [2.45, 2.75) is 32.7 Å². The van der Waals surface area contributed by atoms with Gasteiger partial charge in [-0.1, -0.05) is 0 Å². The average molecular weight is 276 g/mol. The molecule has 1 atom stereocenters. The first kappa shape index (κ1) is 14.6. The predicted molar refractivity (Wildman–Crippen MR) is 72.8 cm³/mol. The van der Waals surface area contributed by atoms with Crippen LogP contribution in [0.5, 0.6) is 0 Å². The van der Waals surface area contributed by atoms with Crippen molar-refractivity contribution in [1.29, 1.82) is 0 Å². The van der Waals surface area contributed by atoms with Crippen LogP contribution in [-0.2, 0) is 9.84 Å². The number of rotatable bonds is 6. The second-order valence-electron chi connectivity index (χ2n) is 4.38. The summed E-state index contributed by atoms with van der Waals surface area (Å²) >= 11 is 1.71. The Morgan fingerprint density at radius 3 is 2.53 bits per heavy atom. The van der Waals surface area contributed by atoms with E-state index in [-0.39, 0.29) is 11.8 Å². The highest BCUT2D eigenvalue weighted by atomic mass is 32.2. The van der Waals surface area contributed by atoms with Crippen molar-refractivity contribution in [3.63, 3.8) is 0 Å². The predicted octanol–water partition coefficient (Wildman–Crippen LogP) is 1.69. The van der Waals surface area contributed by atoms with E-state index in [4.69, 9.17) is 5.84 Å². The summed E-state index contributed by atoms with van der Waals surface area (Å²) in [6, 6.07) is 2.17. The van der Waals surface area contributed by atoms with Gasteiger partial charge in [-0.05, 0) is 38.3 Å². The van der Waals surface area contributed by atoms with Crippen molar-refractivity contribution >= 4 is 21.2 Å². The van der Waals surface area contributed by atoms with Crippen molar-refractivity contribution in [3.05, 3.63) is 21.4 Å². The molecule has 1 aromatic rings. The molecule has 1 aromatic heterocycles.